The van der Waals surface area contributed by atoms with Crippen LogP contribution < -0.4 is 4.74 Å². The van der Waals surface area contributed by atoms with Crippen LogP contribution in [0.3, 0.4) is 0 Å². The molecule has 1 rings (SSSR count). The Kier molecular flexibility index (Phi) is 8.18. The summed E-state index contributed by atoms with van der Waals surface area (Å²) in [4.78, 5) is 0. The lowest BCUT2D eigenvalue weighted by Crippen LogP contribution is -1.99. The van der Waals surface area contributed by atoms with Gasteiger partial charge >= 0.3 is 0 Å². The number of halogens is 1. The monoisotopic (exact) mass is 278 g/mol. The first kappa shape index (κ1) is 15.9. The Morgan fingerprint density at radius 3 is 2.74 bits per heavy atom. The molecule has 0 aliphatic rings. The van der Waals surface area contributed by atoms with Crippen molar-refractivity contribution in [3.63, 3.8) is 0 Å². The molecule has 0 aliphatic carbocycles. The van der Waals surface area contributed by atoms with Gasteiger partial charge in [-0.2, -0.15) is 0 Å². The molecule has 1 aromatic carbocycles. The van der Waals surface area contributed by atoms with Gasteiger partial charge in [0.2, 0.25) is 0 Å². The Morgan fingerprint density at radius 1 is 1.21 bits per heavy atom. The van der Waals surface area contributed by atoms with Gasteiger partial charge in [-0.25, -0.2) is 0 Å². The summed E-state index contributed by atoms with van der Waals surface area (Å²) in [6.07, 6.45) is 5.66. The molecule has 0 spiro atoms. The summed E-state index contributed by atoms with van der Waals surface area (Å²) < 4.78 is 5.79. The maximum atomic E-state index is 5.79. The standard InChI is InChI=1S/C17H23ClO/c1-3-4-5-8-13-19-17-11-10-16(14-15(17)2)9-6-7-12-18/h10-11,14H,3-5,7-8,12-13H2,1-2H3. The highest BCUT2D eigenvalue weighted by atomic mass is 35.5. The van der Waals surface area contributed by atoms with Crippen LogP contribution in [0, 0.1) is 18.8 Å². The average molecular weight is 279 g/mol. The van der Waals surface area contributed by atoms with E-state index >= 15 is 0 Å². The van der Waals surface area contributed by atoms with Crippen molar-refractivity contribution in [2.45, 2.75) is 46.0 Å². The van der Waals surface area contributed by atoms with Crippen molar-refractivity contribution in [1.29, 1.82) is 0 Å². The predicted octanol–water partition coefficient (Wildman–Crippen LogP) is 4.93. The summed E-state index contributed by atoms with van der Waals surface area (Å²) >= 11 is 5.60. The third-order valence-corrected chi connectivity index (χ3v) is 3.07. The van der Waals surface area contributed by atoms with E-state index in [4.69, 9.17) is 16.3 Å². The van der Waals surface area contributed by atoms with Gasteiger partial charge in [-0.3, -0.25) is 0 Å². The number of unbranched alkanes of at least 4 members (excludes halogenated alkanes) is 3. The van der Waals surface area contributed by atoms with Gasteiger partial charge < -0.3 is 4.74 Å². The summed E-state index contributed by atoms with van der Waals surface area (Å²) in [5, 5.41) is 0. The molecule has 0 heterocycles. The quantitative estimate of drug-likeness (QED) is 0.390. The van der Waals surface area contributed by atoms with Gasteiger partial charge in [-0.1, -0.05) is 38.0 Å². The largest absolute Gasteiger partial charge is 0.493 e. The number of benzene rings is 1. The Balaban J connectivity index is 2.46. The summed E-state index contributed by atoms with van der Waals surface area (Å²) in [7, 11) is 0. The molecule has 0 saturated carbocycles. The zero-order valence-electron chi connectivity index (χ0n) is 12.0. The van der Waals surface area contributed by atoms with Crippen LogP contribution in [0.5, 0.6) is 5.75 Å². The minimum Gasteiger partial charge on any atom is -0.493 e. The summed E-state index contributed by atoms with van der Waals surface area (Å²) in [5.74, 6) is 7.71. The van der Waals surface area contributed by atoms with Gasteiger partial charge in [0, 0.05) is 17.9 Å². The molecule has 1 aromatic rings. The first-order chi connectivity index (χ1) is 9.27. The molecule has 2 heteroatoms. The van der Waals surface area contributed by atoms with Gasteiger partial charge in [0.25, 0.3) is 0 Å². The molecule has 104 valence electrons. The fourth-order valence-corrected chi connectivity index (χ4v) is 1.91. The number of aryl methyl sites for hydroxylation is 1. The lowest BCUT2D eigenvalue weighted by molar-refractivity contribution is 0.303. The van der Waals surface area contributed by atoms with Crippen molar-refractivity contribution < 1.29 is 4.74 Å². The molecule has 0 fully saturated rings. The third kappa shape index (κ3) is 6.55. The van der Waals surface area contributed by atoms with Crippen molar-refractivity contribution in [2.75, 3.05) is 12.5 Å². The van der Waals surface area contributed by atoms with E-state index in [2.05, 4.69) is 31.8 Å². The fourth-order valence-electron chi connectivity index (χ4n) is 1.81. The molecule has 0 atom stereocenters. The second-order valence-corrected chi connectivity index (χ2v) is 5.01. The van der Waals surface area contributed by atoms with Gasteiger partial charge in [-0.05, 0) is 37.1 Å². The minimum atomic E-state index is 0.588. The molecule has 0 bridgehead atoms. The Morgan fingerprint density at radius 2 is 2.05 bits per heavy atom. The van der Waals surface area contributed by atoms with E-state index in [9.17, 15) is 0 Å². The SMILES string of the molecule is CCCCCCOc1ccc(C#CCCCl)cc1C. The minimum absolute atomic E-state index is 0.588. The van der Waals surface area contributed by atoms with E-state index in [1.54, 1.807) is 0 Å². The van der Waals surface area contributed by atoms with E-state index in [0.717, 1.165) is 36.3 Å². The Labute approximate surface area is 122 Å². The van der Waals surface area contributed by atoms with Crippen LogP contribution in [0.2, 0.25) is 0 Å². The third-order valence-electron chi connectivity index (χ3n) is 2.88. The topological polar surface area (TPSA) is 9.23 Å². The van der Waals surface area contributed by atoms with Crippen LogP contribution >= 0.6 is 11.6 Å². The zero-order valence-corrected chi connectivity index (χ0v) is 12.7. The smallest absolute Gasteiger partial charge is 0.122 e. The van der Waals surface area contributed by atoms with Crippen LogP contribution in [-0.2, 0) is 0 Å². The molecular formula is C17H23ClO. The lowest BCUT2D eigenvalue weighted by Gasteiger charge is -2.09. The van der Waals surface area contributed by atoms with Crippen LogP contribution in [0.25, 0.3) is 0 Å². The maximum absolute atomic E-state index is 5.79. The molecule has 0 N–H and O–H groups in total. The fraction of sp³-hybridized carbons (Fsp3) is 0.529. The van der Waals surface area contributed by atoms with Crippen LogP contribution in [0.15, 0.2) is 18.2 Å². The number of hydrogen-bond donors (Lipinski definition) is 0. The highest BCUT2D eigenvalue weighted by Gasteiger charge is 2.00. The van der Waals surface area contributed by atoms with Gasteiger partial charge in [0.15, 0.2) is 0 Å². The molecule has 0 aliphatic heterocycles. The van der Waals surface area contributed by atoms with Crippen LogP contribution in [-0.4, -0.2) is 12.5 Å². The Hall–Kier alpha value is -1.13. The number of rotatable bonds is 7. The van der Waals surface area contributed by atoms with Crippen molar-refractivity contribution in [3.05, 3.63) is 29.3 Å². The van der Waals surface area contributed by atoms with Crippen molar-refractivity contribution >= 4 is 11.6 Å². The highest BCUT2D eigenvalue weighted by Crippen LogP contribution is 2.19. The summed E-state index contributed by atoms with van der Waals surface area (Å²) in [5.41, 5.74) is 2.18. The van der Waals surface area contributed by atoms with Crippen molar-refractivity contribution in [2.24, 2.45) is 0 Å². The Bertz CT molecular complexity index is 429. The molecular weight excluding hydrogens is 256 g/mol. The van der Waals surface area contributed by atoms with E-state index in [1.807, 2.05) is 12.1 Å². The van der Waals surface area contributed by atoms with E-state index in [1.165, 1.54) is 19.3 Å². The number of hydrogen-bond acceptors (Lipinski definition) is 1. The molecule has 19 heavy (non-hydrogen) atoms. The van der Waals surface area contributed by atoms with Crippen molar-refractivity contribution in [3.8, 4) is 17.6 Å². The van der Waals surface area contributed by atoms with Gasteiger partial charge in [-0.15, -0.1) is 11.6 Å². The maximum Gasteiger partial charge on any atom is 0.122 e. The summed E-state index contributed by atoms with van der Waals surface area (Å²) in [6, 6.07) is 6.10. The van der Waals surface area contributed by atoms with Gasteiger partial charge in [0.05, 0.1) is 6.61 Å². The normalized spacial score (nSPS) is 9.84. The van der Waals surface area contributed by atoms with Crippen LogP contribution in [0.1, 0.15) is 50.2 Å². The second kappa shape index (κ2) is 9.75. The lowest BCUT2D eigenvalue weighted by atomic mass is 10.1. The molecule has 0 aromatic heterocycles. The number of alkyl halides is 1. The highest BCUT2D eigenvalue weighted by molar-refractivity contribution is 6.18. The molecule has 0 saturated heterocycles. The van der Waals surface area contributed by atoms with E-state index in [0.29, 0.717) is 5.88 Å². The van der Waals surface area contributed by atoms with E-state index in [-0.39, 0.29) is 0 Å². The van der Waals surface area contributed by atoms with Gasteiger partial charge in [0.1, 0.15) is 5.75 Å². The number of ether oxygens (including phenoxy) is 1. The first-order valence-corrected chi connectivity index (χ1v) is 7.59. The van der Waals surface area contributed by atoms with Crippen molar-refractivity contribution in [1.82, 2.24) is 0 Å². The summed E-state index contributed by atoms with van der Waals surface area (Å²) in [6.45, 7) is 5.08. The molecule has 0 unspecified atom stereocenters. The average Bonchev–Trinajstić information content (AvgIpc) is 2.41. The first-order valence-electron chi connectivity index (χ1n) is 7.06. The molecule has 0 radical (unpaired) electrons. The molecule has 1 nitrogen and oxygen atoms in total. The predicted molar refractivity (Wildman–Crippen MR) is 83.0 cm³/mol. The zero-order chi connectivity index (χ0) is 13.9. The van der Waals surface area contributed by atoms with Crippen LogP contribution in [0.4, 0.5) is 0 Å². The van der Waals surface area contributed by atoms with E-state index < -0.39 is 0 Å². The molecule has 0 amide bonds. The second-order valence-electron chi connectivity index (χ2n) is 4.63.